The minimum absolute atomic E-state index is 0.528. The molecular formula is C17H20O2. The number of rotatable bonds is 4. The van der Waals surface area contributed by atoms with Gasteiger partial charge in [-0.2, -0.15) is 0 Å². The zero-order chi connectivity index (χ0) is 13.9. The van der Waals surface area contributed by atoms with E-state index in [4.69, 9.17) is 4.74 Å². The SMILES string of the molecule is COc1ccccc1CC(C)(O)c1ccc(C)cc1. The molecular weight excluding hydrogens is 236 g/mol. The second kappa shape index (κ2) is 5.45. The van der Waals surface area contributed by atoms with Crippen molar-refractivity contribution in [3.05, 3.63) is 65.2 Å². The molecule has 100 valence electrons. The molecule has 1 N–H and O–H groups in total. The van der Waals surface area contributed by atoms with E-state index in [1.165, 1.54) is 5.56 Å². The molecule has 0 aliphatic rings. The summed E-state index contributed by atoms with van der Waals surface area (Å²) in [5.74, 6) is 0.815. The lowest BCUT2D eigenvalue weighted by Crippen LogP contribution is -2.24. The highest BCUT2D eigenvalue weighted by Gasteiger charge is 2.24. The van der Waals surface area contributed by atoms with Crippen molar-refractivity contribution in [1.82, 2.24) is 0 Å². The quantitative estimate of drug-likeness (QED) is 0.907. The van der Waals surface area contributed by atoms with Gasteiger partial charge in [-0.3, -0.25) is 0 Å². The standard InChI is InChI=1S/C17H20O2/c1-13-8-10-15(11-9-13)17(2,18)12-14-6-4-5-7-16(14)19-3/h4-11,18H,12H2,1-3H3. The lowest BCUT2D eigenvalue weighted by Gasteiger charge is -2.25. The summed E-state index contributed by atoms with van der Waals surface area (Å²) in [4.78, 5) is 0. The summed E-state index contributed by atoms with van der Waals surface area (Å²) in [5, 5.41) is 10.7. The van der Waals surface area contributed by atoms with Crippen LogP contribution in [0.2, 0.25) is 0 Å². The molecule has 0 heterocycles. The van der Waals surface area contributed by atoms with Crippen molar-refractivity contribution in [2.75, 3.05) is 7.11 Å². The van der Waals surface area contributed by atoms with Gasteiger partial charge in [0.05, 0.1) is 12.7 Å². The fraction of sp³-hybridized carbons (Fsp3) is 0.294. The summed E-state index contributed by atoms with van der Waals surface area (Å²) in [6.07, 6.45) is 0.528. The number of methoxy groups -OCH3 is 1. The third-order valence-corrected chi connectivity index (χ3v) is 3.40. The summed E-state index contributed by atoms with van der Waals surface area (Å²) in [6, 6.07) is 15.8. The summed E-state index contributed by atoms with van der Waals surface area (Å²) in [7, 11) is 1.65. The number of aliphatic hydroxyl groups is 1. The van der Waals surface area contributed by atoms with Gasteiger partial charge in [0.15, 0.2) is 0 Å². The van der Waals surface area contributed by atoms with Gasteiger partial charge in [-0.15, -0.1) is 0 Å². The zero-order valence-corrected chi connectivity index (χ0v) is 11.7. The Kier molecular flexibility index (Phi) is 3.91. The average molecular weight is 256 g/mol. The van der Waals surface area contributed by atoms with Crippen molar-refractivity contribution in [3.8, 4) is 5.75 Å². The molecule has 2 aromatic rings. The van der Waals surface area contributed by atoms with Crippen molar-refractivity contribution in [2.24, 2.45) is 0 Å². The highest BCUT2D eigenvalue weighted by Crippen LogP contribution is 2.29. The van der Waals surface area contributed by atoms with Gasteiger partial charge in [0.25, 0.3) is 0 Å². The first-order valence-corrected chi connectivity index (χ1v) is 6.44. The Morgan fingerprint density at radius 3 is 2.32 bits per heavy atom. The maximum atomic E-state index is 10.7. The molecule has 1 atom stereocenters. The van der Waals surface area contributed by atoms with Crippen LogP contribution >= 0.6 is 0 Å². The van der Waals surface area contributed by atoms with Crippen LogP contribution in [0.25, 0.3) is 0 Å². The lowest BCUT2D eigenvalue weighted by atomic mass is 9.88. The van der Waals surface area contributed by atoms with E-state index >= 15 is 0 Å². The largest absolute Gasteiger partial charge is 0.496 e. The van der Waals surface area contributed by atoms with Crippen molar-refractivity contribution in [3.63, 3.8) is 0 Å². The molecule has 0 radical (unpaired) electrons. The summed E-state index contributed by atoms with van der Waals surface area (Å²) in [5.41, 5.74) is 2.22. The molecule has 0 aliphatic heterocycles. The number of hydrogen-bond donors (Lipinski definition) is 1. The molecule has 0 aromatic heterocycles. The number of hydrogen-bond acceptors (Lipinski definition) is 2. The predicted molar refractivity (Wildman–Crippen MR) is 77.4 cm³/mol. The molecule has 0 fully saturated rings. The molecule has 0 bridgehead atoms. The van der Waals surface area contributed by atoms with Gasteiger partial charge in [0.1, 0.15) is 5.75 Å². The highest BCUT2D eigenvalue weighted by atomic mass is 16.5. The topological polar surface area (TPSA) is 29.5 Å². The Bertz CT molecular complexity index is 541. The van der Waals surface area contributed by atoms with Crippen molar-refractivity contribution in [2.45, 2.75) is 25.9 Å². The smallest absolute Gasteiger partial charge is 0.122 e. The molecule has 2 heteroatoms. The van der Waals surface area contributed by atoms with Crippen LogP contribution < -0.4 is 4.74 Å². The van der Waals surface area contributed by atoms with Crippen LogP contribution in [-0.2, 0) is 12.0 Å². The van der Waals surface area contributed by atoms with E-state index in [9.17, 15) is 5.11 Å². The Balaban J connectivity index is 2.27. The molecule has 1 unspecified atom stereocenters. The minimum atomic E-state index is -0.900. The Hall–Kier alpha value is -1.80. The van der Waals surface area contributed by atoms with Gasteiger partial charge in [0.2, 0.25) is 0 Å². The fourth-order valence-electron chi connectivity index (χ4n) is 2.23. The number of benzene rings is 2. The van der Waals surface area contributed by atoms with Crippen LogP contribution in [0, 0.1) is 6.92 Å². The fourth-order valence-corrected chi connectivity index (χ4v) is 2.23. The number of para-hydroxylation sites is 1. The Morgan fingerprint density at radius 2 is 1.68 bits per heavy atom. The van der Waals surface area contributed by atoms with Crippen LogP contribution in [0.5, 0.6) is 5.75 Å². The molecule has 0 saturated carbocycles. The third kappa shape index (κ3) is 3.15. The first kappa shape index (κ1) is 13.6. The number of aryl methyl sites for hydroxylation is 1. The molecule has 0 aliphatic carbocycles. The summed E-state index contributed by atoms with van der Waals surface area (Å²) >= 11 is 0. The van der Waals surface area contributed by atoms with E-state index in [1.54, 1.807) is 7.11 Å². The van der Waals surface area contributed by atoms with E-state index in [1.807, 2.05) is 62.4 Å². The molecule has 0 saturated heterocycles. The Labute approximate surface area is 114 Å². The molecule has 2 aromatic carbocycles. The van der Waals surface area contributed by atoms with E-state index in [2.05, 4.69) is 0 Å². The first-order chi connectivity index (χ1) is 9.03. The van der Waals surface area contributed by atoms with E-state index in [0.717, 1.165) is 16.9 Å². The van der Waals surface area contributed by atoms with Crippen LogP contribution in [0.1, 0.15) is 23.6 Å². The van der Waals surface area contributed by atoms with Gasteiger partial charge in [0, 0.05) is 6.42 Å². The minimum Gasteiger partial charge on any atom is -0.496 e. The third-order valence-electron chi connectivity index (χ3n) is 3.40. The maximum absolute atomic E-state index is 10.7. The number of ether oxygens (including phenoxy) is 1. The normalized spacial score (nSPS) is 13.9. The zero-order valence-electron chi connectivity index (χ0n) is 11.7. The van der Waals surface area contributed by atoms with Gasteiger partial charge in [-0.05, 0) is 31.0 Å². The van der Waals surface area contributed by atoms with E-state index < -0.39 is 5.60 Å². The van der Waals surface area contributed by atoms with Crippen molar-refractivity contribution < 1.29 is 9.84 Å². The highest BCUT2D eigenvalue weighted by molar-refractivity contribution is 5.36. The summed E-state index contributed by atoms with van der Waals surface area (Å²) < 4.78 is 5.34. The maximum Gasteiger partial charge on any atom is 0.122 e. The van der Waals surface area contributed by atoms with Crippen LogP contribution in [0.4, 0.5) is 0 Å². The van der Waals surface area contributed by atoms with Gasteiger partial charge >= 0.3 is 0 Å². The van der Waals surface area contributed by atoms with Crippen LogP contribution in [-0.4, -0.2) is 12.2 Å². The lowest BCUT2D eigenvalue weighted by molar-refractivity contribution is 0.0569. The molecule has 2 rings (SSSR count). The first-order valence-electron chi connectivity index (χ1n) is 6.44. The summed E-state index contributed by atoms with van der Waals surface area (Å²) in [6.45, 7) is 3.88. The Morgan fingerprint density at radius 1 is 1.05 bits per heavy atom. The van der Waals surface area contributed by atoms with E-state index in [0.29, 0.717) is 6.42 Å². The molecule has 19 heavy (non-hydrogen) atoms. The van der Waals surface area contributed by atoms with Crippen LogP contribution in [0.3, 0.4) is 0 Å². The average Bonchev–Trinajstić information content (AvgIpc) is 2.39. The van der Waals surface area contributed by atoms with Gasteiger partial charge < -0.3 is 9.84 Å². The molecule has 0 spiro atoms. The predicted octanol–water partition coefficient (Wildman–Crippen LogP) is 3.45. The van der Waals surface area contributed by atoms with Crippen LogP contribution in [0.15, 0.2) is 48.5 Å². The second-order valence-electron chi connectivity index (χ2n) is 5.13. The van der Waals surface area contributed by atoms with E-state index in [-0.39, 0.29) is 0 Å². The van der Waals surface area contributed by atoms with Crippen molar-refractivity contribution >= 4 is 0 Å². The van der Waals surface area contributed by atoms with Gasteiger partial charge in [-0.25, -0.2) is 0 Å². The molecule has 2 nitrogen and oxygen atoms in total. The van der Waals surface area contributed by atoms with Crippen molar-refractivity contribution in [1.29, 1.82) is 0 Å². The molecule has 0 amide bonds. The second-order valence-corrected chi connectivity index (χ2v) is 5.13. The van der Waals surface area contributed by atoms with Gasteiger partial charge in [-0.1, -0.05) is 48.0 Å². The monoisotopic (exact) mass is 256 g/mol.